The summed E-state index contributed by atoms with van der Waals surface area (Å²) in [6.45, 7) is 1.68. The molecule has 0 saturated carbocycles. The van der Waals surface area contributed by atoms with Gasteiger partial charge in [-0.25, -0.2) is 0 Å². The molecule has 0 aliphatic heterocycles. The SMILES string of the molecule is CNC(=O)C(C)CC(=O)OC. The molecule has 1 unspecified atom stereocenters. The van der Waals surface area contributed by atoms with Crippen LogP contribution in [0.1, 0.15) is 13.3 Å². The van der Waals surface area contributed by atoms with Gasteiger partial charge < -0.3 is 10.1 Å². The topological polar surface area (TPSA) is 55.4 Å². The number of amides is 1. The van der Waals surface area contributed by atoms with Crippen LogP contribution in [0.25, 0.3) is 0 Å². The second kappa shape index (κ2) is 4.71. The molecule has 1 N–H and O–H groups in total. The summed E-state index contributed by atoms with van der Waals surface area (Å²) in [7, 11) is 2.84. The number of methoxy groups -OCH3 is 1. The number of nitrogens with one attached hydrogen (secondary N) is 1. The lowest BCUT2D eigenvalue weighted by Gasteiger charge is -2.06. The van der Waals surface area contributed by atoms with Gasteiger partial charge in [-0.05, 0) is 0 Å². The summed E-state index contributed by atoms with van der Waals surface area (Å²) in [4.78, 5) is 21.5. The molecule has 0 bridgehead atoms. The first-order valence-electron chi connectivity index (χ1n) is 3.40. The minimum atomic E-state index is -0.360. The minimum Gasteiger partial charge on any atom is -0.469 e. The fraction of sp³-hybridized carbons (Fsp3) is 0.714. The zero-order valence-electron chi connectivity index (χ0n) is 7.01. The Morgan fingerprint density at radius 2 is 2.09 bits per heavy atom. The highest BCUT2D eigenvalue weighted by Gasteiger charge is 2.15. The van der Waals surface area contributed by atoms with Crippen LogP contribution < -0.4 is 5.32 Å². The van der Waals surface area contributed by atoms with Gasteiger partial charge in [0.25, 0.3) is 0 Å². The van der Waals surface area contributed by atoms with E-state index in [4.69, 9.17) is 0 Å². The Morgan fingerprint density at radius 1 is 1.55 bits per heavy atom. The third kappa shape index (κ3) is 3.60. The molecule has 4 nitrogen and oxygen atoms in total. The van der Waals surface area contributed by atoms with Gasteiger partial charge in [0, 0.05) is 13.0 Å². The molecule has 0 radical (unpaired) electrons. The summed E-state index contributed by atoms with van der Waals surface area (Å²) in [5, 5.41) is 2.45. The van der Waals surface area contributed by atoms with E-state index in [-0.39, 0.29) is 24.2 Å². The molecule has 1 amide bonds. The van der Waals surface area contributed by atoms with E-state index in [1.54, 1.807) is 6.92 Å². The van der Waals surface area contributed by atoms with Gasteiger partial charge >= 0.3 is 5.97 Å². The molecular weight excluding hydrogens is 146 g/mol. The van der Waals surface area contributed by atoms with E-state index in [9.17, 15) is 9.59 Å². The third-order valence-electron chi connectivity index (χ3n) is 1.39. The highest BCUT2D eigenvalue weighted by atomic mass is 16.5. The fourth-order valence-corrected chi connectivity index (χ4v) is 0.672. The van der Waals surface area contributed by atoms with Crippen molar-refractivity contribution in [3.05, 3.63) is 0 Å². The van der Waals surface area contributed by atoms with Gasteiger partial charge in [0.05, 0.1) is 13.5 Å². The third-order valence-corrected chi connectivity index (χ3v) is 1.39. The van der Waals surface area contributed by atoms with Gasteiger partial charge in [-0.3, -0.25) is 9.59 Å². The zero-order valence-corrected chi connectivity index (χ0v) is 7.01. The Labute approximate surface area is 65.9 Å². The molecule has 0 aliphatic carbocycles. The van der Waals surface area contributed by atoms with Crippen molar-refractivity contribution in [3.8, 4) is 0 Å². The average Bonchev–Trinajstić information content (AvgIpc) is 2.02. The van der Waals surface area contributed by atoms with Crippen molar-refractivity contribution in [2.75, 3.05) is 14.2 Å². The monoisotopic (exact) mass is 159 g/mol. The molecule has 11 heavy (non-hydrogen) atoms. The molecule has 64 valence electrons. The van der Waals surface area contributed by atoms with Crippen molar-refractivity contribution in [2.45, 2.75) is 13.3 Å². The highest BCUT2D eigenvalue weighted by Crippen LogP contribution is 2.01. The predicted octanol–water partition coefficient (Wildman–Crippen LogP) is -0.0684. The van der Waals surface area contributed by atoms with Gasteiger partial charge in [0.2, 0.25) is 5.91 Å². The molecule has 0 fully saturated rings. The maximum atomic E-state index is 10.8. The summed E-state index contributed by atoms with van der Waals surface area (Å²) in [5.41, 5.74) is 0. The maximum absolute atomic E-state index is 10.8. The lowest BCUT2D eigenvalue weighted by Crippen LogP contribution is -2.27. The van der Waals surface area contributed by atoms with Crippen LogP contribution in [-0.4, -0.2) is 26.0 Å². The Bertz CT molecular complexity index is 156. The van der Waals surface area contributed by atoms with Crippen molar-refractivity contribution < 1.29 is 14.3 Å². The number of hydrogen-bond donors (Lipinski definition) is 1. The lowest BCUT2D eigenvalue weighted by atomic mass is 10.1. The van der Waals surface area contributed by atoms with E-state index in [2.05, 4.69) is 10.1 Å². The molecule has 0 aromatic rings. The van der Waals surface area contributed by atoms with Crippen LogP contribution in [0.2, 0.25) is 0 Å². The lowest BCUT2D eigenvalue weighted by molar-refractivity contribution is -0.143. The summed E-state index contributed by atoms with van der Waals surface area (Å²) < 4.78 is 4.40. The number of hydrogen-bond acceptors (Lipinski definition) is 3. The first-order chi connectivity index (χ1) is 5.11. The normalized spacial score (nSPS) is 11.9. The molecule has 1 atom stereocenters. The second-order valence-corrected chi connectivity index (χ2v) is 2.30. The fourth-order valence-electron chi connectivity index (χ4n) is 0.672. The van der Waals surface area contributed by atoms with Crippen LogP contribution in [0.4, 0.5) is 0 Å². The predicted molar refractivity (Wildman–Crippen MR) is 39.9 cm³/mol. The van der Waals surface area contributed by atoms with Crippen LogP contribution in [-0.2, 0) is 14.3 Å². The number of rotatable bonds is 3. The Morgan fingerprint density at radius 3 is 2.45 bits per heavy atom. The van der Waals surface area contributed by atoms with Gasteiger partial charge in [-0.15, -0.1) is 0 Å². The van der Waals surface area contributed by atoms with E-state index in [0.717, 1.165) is 0 Å². The Hall–Kier alpha value is -1.06. The Balaban J connectivity index is 3.77. The average molecular weight is 159 g/mol. The second-order valence-electron chi connectivity index (χ2n) is 2.30. The molecule has 0 saturated heterocycles. The van der Waals surface area contributed by atoms with Crippen molar-refractivity contribution in [2.24, 2.45) is 5.92 Å². The number of carbonyl (C=O) groups is 2. The summed E-state index contributed by atoms with van der Waals surface area (Å²) >= 11 is 0. The van der Waals surface area contributed by atoms with Gasteiger partial charge in [-0.2, -0.15) is 0 Å². The quantitative estimate of drug-likeness (QED) is 0.586. The number of carbonyl (C=O) groups excluding carboxylic acids is 2. The van der Waals surface area contributed by atoms with E-state index >= 15 is 0 Å². The smallest absolute Gasteiger partial charge is 0.306 e. The largest absolute Gasteiger partial charge is 0.469 e. The van der Waals surface area contributed by atoms with Crippen LogP contribution in [0.15, 0.2) is 0 Å². The first-order valence-corrected chi connectivity index (χ1v) is 3.40. The highest BCUT2D eigenvalue weighted by molar-refractivity contribution is 5.83. The van der Waals surface area contributed by atoms with Crippen molar-refractivity contribution in [1.29, 1.82) is 0 Å². The molecule has 0 aliphatic rings. The van der Waals surface area contributed by atoms with Crippen molar-refractivity contribution in [1.82, 2.24) is 5.32 Å². The van der Waals surface area contributed by atoms with Crippen molar-refractivity contribution >= 4 is 11.9 Å². The van der Waals surface area contributed by atoms with Gasteiger partial charge in [0.1, 0.15) is 0 Å². The Kier molecular flexibility index (Phi) is 4.26. The summed E-state index contributed by atoms with van der Waals surface area (Å²) in [5.74, 6) is -0.816. The summed E-state index contributed by atoms with van der Waals surface area (Å²) in [6.07, 6.45) is 0.135. The van der Waals surface area contributed by atoms with E-state index in [0.29, 0.717) is 0 Å². The van der Waals surface area contributed by atoms with E-state index in [1.807, 2.05) is 0 Å². The number of ether oxygens (including phenoxy) is 1. The molecule has 0 aromatic carbocycles. The van der Waals surface area contributed by atoms with Gasteiger partial charge in [-0.1, -0.05) is 6.92 Å². The molecule has 0 spiro atoms. The number of esters is 1. The molecular formula is C7H13NO3. The first kappa shape index (κ1) is 9.94. The minimum absolute atomic E-state index is 0.135. The van der Waals surface area contributed by atoms with Crippen LogP contribution in [0, 0.1) is 5.92 Å². The standard InChI is InChI=1S/C7H13NO3/c1-5(7(10)8-2)4-6(9)11-3/h5H,4H2,1-3H3,(H,8,10). The van der Waals surface area contributed by atoms with Crippen LogP contribution in [0.3, 0.4) is 0 Å². The zero-order chi connectivity index (χ0) is 8.85. The van der Waals surface area contributed by atoms with Gasteiger partial charge in [0.15, 0.2) is 0 Å². The molecule has 0 rings (SSSR count). The summed E-state index contributed by atoms with van der Waals surface area (Å²) in [6, 6.07) is 0. The van der Waals surface area contributed by atoms with E-state index in [1.165, 1.54) is 14.2 Å². The molecule has 4 heteroatoms. The molecule has 0 heterocycles. The van der Waals surface area contributed by atoms with E-state index < -0.39 is 0 Å². The van der Waals surface area contributed by atoms with Crippen LogP contribution in [0.5, 0.6) is 0 Å². The molecule has 0 aromatic heterocycles. The van der Waals surface area contributed by atoms with Crippen molar-refractivity contribution in [3.63, 3.8) is 0 Å². The maximum Gasteiger partial charge on any atom is 0.306 e. The van der Waals surface area contributed by atoms with Crippen LogP contribution >= 0.6 is 0 Å².